The molecular weight excluding hydrogens is 577 g/mol. The first-order valence-electron chi connectivity index (χ1n) is 7.55. The Labute approximate surface area is 188 Å². The molecule has 33 heavy (non-hydrogen) atoms. The van der Waals surface area contributed by atoms with Crippen molar-refractivity contribution in [3.63, 3.8) is 0 Å². The molecule has 6 atom stereocenters. The minimum atomic E-state index is -6.12. The van der Waals surface area contributed by atoms with Crippen LogP contribution in [-0.4, -0.2) is 63.5 Å². The van der Waals surface area contributed by atoms with Gasteiger partial charge in [0.1, 0.15) is 10.7 Å². The first-order valence-corrected chi connectivity index (χ1v) is 12.9. The maximum absolute atomic E-state index is 13.8. The number of phosphoric ester groups is 1. The number of halogens is 4. The number of alkyl halides is 3. The van der Waals surface area contributed by atoms with Crippen LogP contribution in [0.25, 0.3) is 0 Å². The minimum absolute atomic E-state index is 0.0948. The lowest BCUT2D eigenvalue weighted by atomic mass is 9.96. The molecule has 1 aliphatic heterocycles. The van der Waals surface area contributed by atoms with Crippen molar-refractivity contribution in [3.8, 4) is 0 Å². The number of nitrogens with zero attached hydrogens (tertiary/aromatic N) is 1. The third kappa shape index (κ3) is 6.40. The molecule has 1 aromatic rings. The Kier molecular flexibility index (Phi) is 8.02. The van der Waals surface area contributed by atoms with Crippen molar-refractivity contribution in [3.05, 3.63) is 21.4 Å². The zero-order valence-corrected chi connectivity index (χ0v) is 19.3. The Bertz CT molecular complexity index is 1180. The van der Waals surface area contributed by atoms with E-state index in [9.17, 15) is 46.4 Å². The number of rotatable bonds is 7. The van der Waals surface area contributed by atoms with Gasteiger partial charge < -0.3 is 39.5 Å². The van der Waals surface area contributed by atoms with E-state index >= 15 is 0 Å². The van der Waals surface area contributed by atoms with Crippen LogP contribution in [0, 0.1) is 15.2 Å². The lowest BCUT2D eigenvalue weighted by Gasteiger charge is -2.33. The smallest absolute Gasteiger partial charge is 0.384 e. The molecule has 24 heteroatoms. The highest BCUT2D eigenvalue weighted by Crippen LogP contribution is 2.67. The minimum Gasteiger partial charge on any atom is -0.384 e. The summed E-state index contributed by atoms with van der Waals surface area (Å²) in [7, 11) is -18.0. The monoisotopic (exact) mass is 588 g/mol. The van der Waals surface area contributed by atoms with E-state index in [0.717, 1.165) is 0 Å². The Morgan fingerprint density at radius 2 is 1.67 bits per heavy atom. The molecular formula is C9H11F4N2O13P3S2. The standard InChI is InChI=1S/C9H11F4N2O13P3S2/c10-2-1-15(7(33)14-4(2)32)6-8(17,9(11,12)13)3(16)5(25-6)26-30(21,22)28-31(23,24)27-29(18,19)20/h1,3,5-6,16-17H,(H,21,22)(H,23,24)(H,14,32,33)(H2,18,19,20)/t3-,5+,6+,8?/m0/s1. The summed E-state index contributed by atoms with van der Waals surface area (Å²) in [5.41, 5.74) is -4.40. The summed E-state index contributed by atoms with van der Waals surface area (Å²) in [5.74, 6) is -1.36. The molecule has 0 saturated carbocycles. The maximum Gasteiger partial charge on any atom is 0.490 e. The number of aliphatic hydroxyl groups excluding tert-OH is 1. The summed E-state index contributed by atoms with van der Waals surface area (Å²) in [6, 6.07) is 0. The van der Waals surface area contributed by atoms with Crippen LogP contribution >= 0.6 is 47.9 Å². The van der Waals surface area contributed by atoms with E-state index in [1.807, 2.05) is 4.98 Å². The Balaban J connectivity index is 2.45. The normalized spacial score (nSPS) is 30.1. The molecule has 7 N–H and O–H groups in total. The van der Waals surface area contributed by atoms with Crippen molar-refractivity contribution in [2.75, 3.05) is 0 Å². The fourth-order valence-electron chi connectivity index (χ4n) is 2.39. The summed E-state index contributed by atoms with van der Waals surface area (Å²) in [6.45, 7) is 0. The fourth-order valence-corrected chi connectivity index (χ4v) is 5.94. The molecule has 0 spiro atoms. The van der Waals surface area contributed by atoms with Crippen LogP contribution in [0.2, 0.25) is 0 Å². The lowest BCUT2D eigenvalue weighted by molar-refractivity contribution is -0.304. The van der Waals surface area contributed by atoms with Crippen molar-refractivity contribution < 1.29 is 78.9 Å². The Morgan fingerprint density at radius 3 is 2.15 bits per heavy atom. The number of hydrogen-bond acceptors (Lipinski definition) is 11. The van der Waals surface area contributed by atoms with Gasteiger partial charge in [-0.3, -0.25) is 9.09 Å². The van der Waals surface area contributed by atoms with Crippen molar-refractivity contribution in [2.45, 2.75) is 30.4 Å². The molecule has 1 aliphatic rings. The summed E-state index contributed by atoms with van der Waals surface area (Å²) in [6.07, 6.45) is -14.7. The number of ether oxygens (including phenoxy) is 1. The molecule has 1 aromatic heterocycles. The molecule has 3 unspecified atom stereocenters. The first-order chi connectivity index (χ1) is 14.6. The number of hydrogen-bond donors (Lipinski definition) is 7. The third-order valence-electron chi connectivity index (χ3n) is 3.63. The summed E-state index contributed by atoms with van der Waals surface area (Å²) < 4.78 is 102. The molecule has 0 aromatic carbocycles. The predicted molar refractivity (Wildman–Crippen MR) is 96.3 cm³/mol. The van der Waals surface area contributed by atoms with E-state index in [4.69, 9.17) is 14.7 Å². The van der Waals surface area contributed by atoms with Gasteiger partial charge in [-0.05, 0) is 12.2 Å². The number of aliphatic hydroxyl groups is 2. The zero-order valence-electron chi connectivity index (χ0n) is 15.0. The van der Waals surface area contributed by atoms with Gasteiger partial charge in [0.05, 0.1) is 0 Å². The van der Waals surface area contributed by atoms with Gasteiger partial charge in [-0.1, -0.05) is 12.2 Å². The van der Waals surface area contributed by atoms with Crippen molar-refractivity contribution in [1.29, 1.82) is 0 Å². The molecule has 0 amide bonds. The van der Waals surface area contributed by atoms with Crippen LogP contribution in [0.15, 0.2) is 6.20 Å². The lowest BCUT2D eigenvalue weighted by Crippen LogP contribution is -2.57. The first kappa shape index (κ1) is 28.8. The van der Waals surface area contributed by atoms with Gasteiger partial charge >= 0.3 is 29.6 Å². The highest BCUT2D eigenvalue weighted by Gasteiger charge is 2.72. The van der Waals surface area contributed by atoms with Crippen LogP contribution < -0.4 is 0 Å². The van der Waals surface area contributed by atoms with Gasteiger partial charge in [0.25, 0.3) is 0 Å². The Hall–Kier alpha value is -0.470. The van der Waals surface area contributed by atoms with Crippen molar-refractivity contribution in [1.82, 2.24) is 9.55 Å². The molecule has 0 bridgehead atoms. The SMILES string of the molecule is O=P(O)(O)OP(=O)(O)OP(=O)(O)O[C@H]1O[C@@H](n2cc(F)c(=S)[nH]c2=S)C(O)(C(F)(F)F)[C@H]1O. The van der Waals surface area contributed by atoms with Crippen LogP contribution in [0.5, 0.6) is 0 Å². The van der Waals surface area contributed by atoms with E-state index in [1.54, 1.807) is 0 Å². The number of nitrogens with one attached hydrogen (secondary N) is 1. The number of aromatic amines is 1. The molecule has 2 rings (SSSR count). The van der Waals surface area contributed by atoms with E-state index < -0.39 is 69.1 Å². The topological polar surface area (TPSA) is 230 Å². The van der Waals surface area contributed by atoms with Gasteiger partial charge in [0.2, 0.25) is 11.9 Å². The molecule has 1 saturated heterocycles. The average molecular weight is 588 g/mol. The molecule has 0 radical (unpaired) electrons. The van der Waals surface area contributed by atoms with Gasteiger partial charge in [0, 0.05) is 6.20 Å². The van der Waals surface area contributed by atoms with E-state index in [1.165, 1.54) is 0 Å². The zero-order chi connectivity index (χ0) is 25.8. The number of aromatic nitrogens is 2. The van der Waals surface area contributed by atoms with Crippen LogP contribution in [0.1, 0.15) is 6.23 Å². The molecule has 15 nitrogen and oxygen atoms in total. The van der Waals surface area contributed by atoms with Crippen LogP contribution in [0.4, 0.5) is 17.6 Å². The van der Waals surface area contributed by atoms with Gasteiger partial charge in [-0.2, -0.15) is 21.8 Å². The van der Waals surface area contributed by atoms with Crippen LogP contribution in [-0.2, 0) is 31.6 Å². The summed E-state index contributed by atoms with van der Waals surface area (Å²) in [5, 5.41) is 20.2. The molecule has 1 fully saturated rings. The quantitative estimate of drug-likeness (QED) is 0.135. The average Bonchev–Trinajstić information content (AvgIpc) is 2.80. The highest BCUT2D eigenvalue weighted by molar-refractivity contribution is 7.72. The van der Waals surface area contributed by atoms with E-state index in [-0.39, 0.29) is 10.8 Å². The molecule has 2 heterocycles. The van der Waals surface area contributed by atoms with Gasteiger partial charge in [-0.25, -0.2) is 18.1 Å². The summed E-state index contributed by atoms with van der Waals surface area (Å²) >= 11 is 9.17. The van der Waals surface area contributed by atoms with Crippen molar-refractivity contribution >= 4 is 47.9 Å². The van der Waals surface area contributed by atoms with Gasteiger partial charge in [0.15, 0.2) is 16.8 Å². The maximum atomic E-state index is 13.8. The fraction of sp³-hybridized carbons (Fsp3) is 0.556. The van der Waals surface area contributed by atoms with E-state index in [0.29, 0.717) is 0 Å². The van der Waals surface area contributed by atoms with E-state index in [2.05, 4.69) is 42.3 Å². The van der Waals surface area contributed by atoms with Crippen LogP contribution in [0.3, 0.4) is 0 Å². The molecule has 190 valence electrons. The second kappa shape index (κ2) is 9.20. The molecule has 0 aliphatic carbocycles. The number of phosphoric acid groups is 3. The largest absolute Gasteiger partial charge is 0.490 e. The van der Waals surface area contributed by atoms with Crippen molar-refractivity contribution in [2.24, 2.45) is 0 Å². The Morgan fingerprint density at radius 1 is 1.12 bits per heavy atom. The predicted octanol–water partition coefficient (Wildman–Crippen LogP) is 1.27. The third-order valence-corrected chi connectivity index (χ3v) is 8.04. The highest BCUT2D eigenvalue weighted by atomic mass is 32.1. The van der Waals surface area contributed by atoms with Gasteiger partial charge in [-0.15, -0.1) is 0 Å². The number of H-pyrrole nitrogens is 1. The summed E-state index contributed by atoms with van der Waals surface area (Å²) in [4.78, 5) is 37.4. The second-order valence-electron chi connectivity index (χ2n) is 5.96. The second-order valence-corrected chi connectivity index (χ2v) is 11.1.